The van der Waals surface area contributed by atoms with Gasteiger partial charge in [0.15, 0.2) is 0 Å². The number of benzene rings is 2. The average molecular weight is 410 g/mol. The summed E-state index contributed by atoms with van der Waals surface area (Å²) in [5.74, 6) is -0.753. The molecule has 0 aromatic heterocycles. The first-order chi connectivity index (χ1) is 14.5. The van der Waals surface area contributed by atoms with Crippen molar-refractivity contribution in [3.63, 3.8) is 0 Å². The van der Waals surface area contributed by atoms with E-state index in [4.69, 9.17) is 5.73 Å². The molecule has 1 aliphatic heterocycles. The largest absolute Gasteiger partial charge is 0.396 e. The predicted octanol–water partition coefficient (Wildman–Crippen LogP) is 2.65. The van der Waals surface area contributed by atoms with Crippen molar-refractivity contribution in [2.24, 2.45) is 0 Å². The lowest BCUT2D eigenvalue weighted by Gasteiger charge is -2.35. The molecule has 1 saturated carbocycles. The fourth-order valence-electron chi connectivity index (χ4n) is 3.84. The smallest absolute Gasteiger partial charge is 0.254 e. The number of amides is 2. The molecule has 2 amide bonds. The summed E-state index contributed by atoms with van der Waals surface area (Å²) in [6.45, 7) is 3.33. The molecule has 0 radical (unpaired) electrons. The molecule has 1 saturated heterocycles. The number of nitrogen functional groups attached to an aromatic ring is 1. The van der Waals surface area contributed by atoms with E-state index < -0.39 is 5.82 Å². The van der Waals surface area contributed by atoms with Crippen LogP contribution in [0.3, 0.4) is 0 Å². The molecule has 7 heteroatoms. The van der Waals surface area contributed by atoms with Crippen molar-refractivity contribution in [2.45, 2.75) is 31.8 Å². The van der Waals surface area contributed by atoms with Crippen LogP contribution >= 0.6 is 0 Å². The van der Waals surface area contributed by atoms with Gasteiger partial charge in [-0.3, -0.25) is 14.5 Å². The topological polar surface area (TPSA) is 78.7 Å². The van der Waals surface area contributed by atoms with E-state index in [-0.39, 0.29) is 17.5 Å². The van der Waals surface area contributed by atoms with Crippen molar-refractivity contribution < 1.29 is 14.0 Å². The first-order valence-corrected chi connectivity index (χ1v) is 10.5. The van der Waals surface area contributed by atoms with E-state index in [9.17, 15) is 14.0 Å². The monoisotopic (exact) mass is 410 g/mol. The molecule has 2 aromatic carbocycles. The van der Waals surface area contributed by atoms with Crippen molar-refractivity contribution in [2.75, 3.05) is 31.9 Å². The van der Waals surface area contributed by atoms with Gasteiger partial charge in [0.25, 0.3) is 11.8 Å². The third-order valence-electron chi connectivity index (χ3n) is 5.94. The van der Waals surface area contributed by atoms with Crippen molar-refractivity contribution >= 4 is 17.5 Å². The van der Waals surface area contributed by atoms with Gasteiger partial charge in [0.05, 0.1) is 5.69 Å². The Bertz CT molecular complexity index is 937. The zero-order chi connectivity index (χ0) is 21.1. The van der Waals surface area contributed by atoms with Crippen LogP contribution in [0.5, 0.6) is 0 Å². The summed E-state index contributed by atoms with van der Waals surface area (Å²) in [4.78, 5) is 29.0. The van der Waals surface area contributed by atoms with Gasteiger partial charge in [-0.1, -0.05) is 12.1 Å². The zero-order valence-electron chi connectivity index (χ0n) is 16.9. The molecule has 0 bridgehead atoms. The Labute approximate surface area is 175 Å². The van der Waals surface area contributed by atoms with Gasteiger partial charge in [-0.15, -0.1) is 0 Å². The summed E-state index contributed by atoms with van der Waals surface area (Å²) in [5.41, 5.74) is 7.62. The van der Waals surface area contributed by atoms with E-state index in [1.54, 1.807) is 11.0 Å². The Balaban J connectivity index is 1.31. The first kappa shape index (κ1) is 20.3. The SMILES string of the molecule is Nc1ccc(C(=O)N2CCN(Cc3cccc(C(=O)NC4CCC4)c3)CC2)cc1F. The van der Waals surface area contributed by atoms with Crippen molar-refractivity contribution in [3.8, 4) is 0 Å². The van der Waals surface area contributed by atoms with Crippen LogP contribution in [-0.4, -0.2) is 53.8 Å². The molecule has 0 atom stereocenters. The summed E-state index contributed by atoms with van der Waals surface area (Å²) in [6.07, 6.45) is 3.32. The van der Waals surface area contributed by atoms with Gasteiger partial charge in [0, 0.05) is 49.9 Å². The van der Waals surface area contributed by atoms with Crippen LogP contribution in [0, 0.1) is 5.82 Å². The van der Waals surface area contributed by atoms with E-state index in [1.165, 1.54) is 18.6 Å². The molecule has 1 heterocycles. The highest BCUT2D eigenvalue weighted by Crippen LogP contribution is 2.19. The Morgan fingerprint density at radius 2 is 1.80 bits per heavy atom. The van der Waals surface area contributed by atoms with Gasteiger partial charge in [-0.2, -0.15) is 0 Å². The Morgan fingerprint density at radius 1 is 1.03 bits per heavy atom. The molecule has 6 nitrogen and oxygen atoms in total. The molecular weight excluding hydrogens is 383 g/mol. The van der Waals surface area contributed by atoms with E-state index in [1.807, 2.05) is 24.3 Å². The summed E-state index contributed by atoms with van der Waals surface area (Å²) < 4.78 is 13.7. The van der Waals surface area contributed by atoms with Crippen molar-refractivity contribution in [3.05, 3.63) is 65.0 Å². The lowest BCUT2D eigenvalue weighted by Crippen LogP contribution is -2.48. The van der Waals surface area contributed by atoms with E-state index >= 15 is 0 Å². The summed E-state index contributed by atoms with van der Waals surface area (Å²) in [5, 5.41) is 3.07. The summed E-state index contributed by atoms with van der Waals surface area (Å²) >= 11 is 0. The predicted molar refractivity (Wildman–Crippen MR) is 114 cm³/mol. The number of carbonyl (C=O) groups excluding carboxylic acids is 2. The number of carbonyl (C=O) groups is 2. The quantitative estimate of drug-likeness (QED) is 0.743. The number of piperazine rings is 1. The minimum atomic E-state index is -0.569. The highest BCUT2D eigenvalue weighted by Gasteiger charge is 2.23. The summed E-state index contributed by atoms with van der Waals surface area (Å²) in [7, 11) is 0. The zero-order valence-corrected chi connectivity index (χ0v) is 16.9. The normalized spacial score (nSPS) is 17.4. The second kappa shape index (κ2) is 8.83. The van der Waals surface area contributed by atoms with Crippen LogP contribution in [0.1, 0.15) is 45.5 Å². The number of rotatable bonds is 5. The maximum absolute atomic E-state index is 13.7. The van der Waals surface area contributed by atoms with Crippen LogP contribution in [0.15, 0.2) is 42.5 Å². The molecule has 3 N–H and O–H groups in total. The molecule has 2 aromatic rings. The maximum Gasteiger partial charge on any atom is 0.254 e. The molecule has 1 aliphatic carbocycles. The number of hydrogen-bond donors (Lipinski definition) is 2. The van der Waals surface area contributed by atoms with Crippen LogP contribution in [0.4, 0.5) is 10.1 Å². The molecular formula is C23H27FN4O2. The number of anilines is 1. The van der Waals surface area contributed by atoms with Gasteiger partial charge in [-0.25, -0.2) is 4.39 Å². The molecule has 0 unspecified atom stereocenters. The number of nitrogens with one attached hydrogen (secondary N) is 1. The molecule has 0 spiro atoms. The van der Waals surface area contributed by atoms with Crippen molar-refractivity contribution in [1.82, 2.24) is 15.1 Å². The number of nitrogens with two attached hydrogens (primary N) is 1. The van der Waals surface area contributed by atoms with Crippen LogP contribution < -0.4 is 11.1 Å². The molecule has 2 fully saturated rings. The van der Waals surface area contributed by atoms with Crippen molar-refractivity contribution in [1.29, 1.82) is 0 Å². The number of nitrogens with zero attached hydrogens (tertiary/aromatic N) is 2. The van der Waals surface area contributed by atoms with Gasteiger partial charge in [0.2, 0.25) is 0 Å². The molecule has 30 heavy (non-hydrogen) atoms. The molecule has 158 valence electrons. The highest BCUT2D eigenvalue weighted by atomic mass is 19.1. The lowest BCUT2D eigenvalue weighted by molar-refractivity contribution is 0.0627. The van der Waals surface area contributed by atoms with E-state index in [0.29, 0.717) is 30.3 Å². The third-order valence-corrected chi connectivity index (χ3v) is 5.94. The minimum Gasteiger partial charge on any atom is -0.396 e. The van der Waals surface area contributed by atoms with Gasteiger partial charge in [0.1, 0.15) is 5.82 Å². The average Bonchev–Trinajstić information content (AvgIpc) is 2.73. The Kier molecular flexibility index (Phi) is 5.99. The Morgan fingerprint density at radius 3 is 2.47 bits per heavy atom. The first-order valence-electron chi connectivity index (χ1n) is 10.5. The second-order valence-electron chi connectivity index (χ2n) is 8.11. The van der Waals surface area contributed by atoms with Gasteiger partial charge < -0.3 is 16.0 Å². The van der Waals surface area contributed by atoms with E-state index in [2.05, 4.69) is 10.2 Å². The van der Waals surface area contributed by atoms with Crippen LogP contribution in [0.2, 0.25) is 0 Å². The van der Waals surface area contributed by atoms with E-state index in [0.717, 1.165) is 38.0 Å². The summed E-state index contributed by atoms with van der Waals surface area (Å²) in [6, 6.07) is 12.2. The van der Waals surface area contributed by atoms with Crippen LogP contribution in [0.25, 0.3) is 0 Å². The van der Waals surface area contributed by atoms with Gasteiger partial charge >= 0.3 is 0 Å². The van der Waals surface area contributed by atoms with Gasteiger partial charge in [-0.05, 0) is 55.2 Å². The third kappa shape index (κ3) is 4.62. The standard InChI is InChI=1S/C23H27FN4O2/c24-20-14-18(7-8-21(20)25)23(30)28-11-9-27(10-12-28)15-16-3-1-4-17(13-16)22(29)26-19-5-2-6-19/h1,3-4,7-8,13-14,19H,2,5-6,9-12,15,25H2,(H,26,29). The second-order valence-corrected chi connectivity index (χ2v) is 8.11. The Hall–Kier alpha value is -2.93. The molecule has 4 rings (SSSR count). The highest BCUT2D eigenvalue weighted by molar-refractivity contribution is 5.95. The minimum absolute atomic E-state index is 0.00676. The fourth-order valence-corrected chi connectivity index (χ4v) is 3.84. The molecule has 2 aliphatic rings. The number of hydrogen-bond acceptors (Lipinski definition) is 4. The maximum atomic E-state index is 13.7. The number of halogens is 1. The van der Waals surface area contributed by atoms with Crippen LogP contribution in [-0.2, 0) is 6.54 Å². The fraction of sp³-hybridized carbons (Fsp3) is 0.391. The lowest BCUT2D eigenvalue weighted by atomic mass is 9.93.